The molecule has 1 aliphatic rings. The fourth-order valence-electron chi connectivity index (χ4n) is 5.41. The van der Waals surface area contributed by atoms with Crippen molar-refractivity contribution in [3.05, 3.63) is 92.7 Å². The first-order valence-electron chi connectivity index (χ1n) is 14.8. The number of sulfonamides is 1. The van der Waals surface area contributed by atoms with Gasteiger partial charge in [-0.1, -0.05) is 55.1 Å². The van der Waals surface area contributed by atoms with E-state index in [0.717, 1.165) is 47.4 Å². The Hall–Kier alpha value is -4.23. The molecule has 1 atom stereocenters. The number of methoxy groups -OCH3 is 1. The number of nitrogens with zero attached hydrogens (tertiary/aromatic N) is 3. The lowest BCUT2D eigenvalue weighted by molar-refractivity contribution is -0.385. The van der Waals surface area contributed by atoms with Crippen LogP contribution in [0, 0.1) is 22.9 Å². The van der Waals surface area contributed by atoms with Crippen LogP contribution < -0.4 is 14.4 Å². The minimum Gasteiger partial charge on any atom is -0.495 e. The summed E-state index contributed by atoms with van der Waals surface area (Å²) in [7, 11) is -3.38. The molecular weight excluding hydrogens is 639 g/mol. The molecule has 0 unspecified atom stereocenters. The molecule has 14 heteroatoms. The molecule has 46 heavy (non-hydrogen) atoms. The number of nitro benzene ring substituents is 1. The van der Waals surface area contributed by atoms with Crippen molar-refractivity contribution in [1.82, 2.24) is 10.2 Å². The van der Waals surface area contributed by atoms with Crippen LogP contribution in [0.4, 0.5) is 15.8 Å². The minimum absolute atomic E-state index is 0.0473. The van der Waals surface area contributed by atoms with E-state index in [0.29, 0.717) is 0 Å². The first kappa shape index (κ1) is 34.6. The normalized spacial score (nSPS) is 14.3. The molecule has 0 spiro atoms. The number of nitro groups is 1. The Balaban J connectivity index is 1.78. The Morgan fingerprint density at radius 2 is 1.80 bits per heavy atom. The Morgan fingerprint density at radius 3 is 2.46 bits per heavy atom. The molecule has 1 saturated carbocycles. The van der Waals surface area contributed by atoms with Crippen molar-refractivity contribution in [2.75, 3.05) is 18.0 Å². The summed E-state index contributed by atoms with van der Waals surface area (Å²) in [5.41, 5.74) is -0.186. The van der Waals surface area contributed by atoms with E-state index in [1.54, 1.807) is 6.07 Å². The summed E-state index contributed by atoms with van der Waals surface area (Å²) in [6, 6.07) is 12.2. The molecule has 0 aliphatic heterocycles. The van der Waals surface area contributed by atoms with Gasteiger partial charge in [0.2, 0.25) is 11.8 Å². The van der Waals surface area contributed by atoms with E-state index in [4.69, 9.17) is 16.3 Å². The molecule has 11 nitrogen and oxygen atoms in total. The maximum absolute atomic E-state index is 14.8. The lowest BCUT2D eigenvalue weighted by atomic mass is 9.95. The van der Waals surface area contributed by atoms with E-state index in [1.807, 2.05) is 0 Å². The van der Waals surface area contributed by atoms with E-state index in [2.05, 4.69) is 5.32 Å². The topological polar surface area (TPSA) is 139 Å². The standard InChI is InChI=1S/C32H36ClFN4O7S/c1-21-13-15-26(18-28(21)38(41)42)46(43,44)37(29-17-24(33)14-16-30(29)45-3)20-31(39)36(19-23-9-7-8-12-27(23)34)22(2)32(40)35-25-10-5-4-6-11-25/h7-9,12-18,22,25H,4-6,10-11,19-20H2,1-3H3,(H,35,40)/t22-/m1/s1. The molecule has 3 aromatic carbocycles. The molecule has 246 valence electrons. The second kappa shape index (κ2) is 14.9. The highest BCUT2D eigenvalue weighted by Crippen LogP contribution is 2.36. The van der Waals surface area contributed by atoms with Crippen molar-refractivity contribution in [2.45, 2.75) is 69.5 Å². The number of aryl methyl sites for hydroxylation is 1. The smallest absolute Gasteiger partial charge is 0.273 e. The van der Waals surface area contributed by atoms with Crippen molar-refractivity contribution >= 4 is 44.8 Å². The summed E-state index contributed by atoms with van der Waals surface area (Å²) in [5.74, 6) is -1.85. The van der Waals surface area contributed by atoms with E-state index >= 15 is 0 Å². The fraction of sp³-hybridized carbons (Fsp3) is 0.375. The molecule has 0 aromatic heterocycles. The zero-order chi connectivity index (χ0) is 33.6. The van der Waals surface area contributed by atoms with Gasteiger partial charge < -0.3 is 15.0 Å². The Labute approximate surface area is 272 Å². The molecule has 0 saturated heterocycles. The molecule has 2 amide bonds. The van der Waals surface area contributed by atoms with Crippen molar-refractivity contribution in [3.8, 4) is 5.75 Å². The maximum atomic E-state index is 14.8. The number of amides is 2. The third kappa shape index (κ3) is 7.94. The molecule has 0 radical (unpaired) electrons. The number of nitrogens with one attached hydrogen (secondary N) is 1. The molecular formula is C32H36ClFN4O7S. The van der Waals surface area contributed by atoms with Gasteiger partial charge in [-0.3, -0.25) is 24.0 Å². The second-order valence-electron chi connectivity index (χ2n) is 11.2. The highest BCUT2D eigenvalue weighted by Gasteiger charge is 2.35. The first-order chi connectivity index (χ1) is 21.8. The van der Waals surface area contributed by atoms with Crippen molar-refractivity contribution in [1.29, 1.82) is 0 Å². The van der Waals surface area contributed by atoms with Gasteiger partial charge in [0.15, 0.2) is 0 Å². The highest BCUT2D eigenvalue weighted by atomic mass is 35.5. The van der Waals surface area contributed by atoms with Crippen LogP contribution in [-0.4, -0.2) is 55.8 Å². The van der Waals surface area contributed by atoms with Gasteiger partial charge in [-0.05, 0) is 57.0 Å². The van der Waals surface area contributed by atoms with Gasteiger partial charge in [0.25, 0.3) is 15.7 Å². The number of carbonyl (C=O) groups excluding carboxylic acids is 2. The van der Waals surface area contributed by atoms with E-state index in [-0.39, 0.29) is 40.2 Å². The lowest BCUT2D eigenvalue weighted by Gasteiger charge is -2.33. The summed E-state index contributed by atoms with van der Waals surface area (Å²) in [5, 5.41) is 14.8. The quantitative estimate of drug-likeness (QED) is 0.190. The Bertz CT molecular complexity index is 1720. The number of rotatable bonds is 12. The van der Waals surface area contributed by atoms with E-state index in [9.17, 15) is 32.5 Å². The van der Waals surface area contributed by atoms with E-state index in [1.165, 1.54) is 69.5 Å². The van der Waals surface area contributed by atoms with Crippen LogP contribution in [0.3, 0.4) is 0 Å². The first-order valence-corrected chi connectivity index (χ1v) is 16.6. The third-order valence-electron chi connectivity index (χ3n) is 8.07. The zero-order valence-corrected chi connectivity index (χ0v) is 27.3. The summed E-state index contributed by atoms with van der Waals surface area (Å²) < 4.78 is 49.4. The lowest BCUT2D eigenvalue weighted by Crippen LogP contribution is -2.53. The van der Waals surface area contributed by atoms with Crippen molar-refractivity contribution in [3.63, 3.8) is 0 Å². The van der Waals surface area contributed by atoms with Crippen LogP contribution in [0.5, 0.6) is 5.75 Å². The second-order valence-corrected chi connectivity index (χ2v) is 13.5. The summed E-state index contributed by atoms with van der Waals surface area (Å²) in [4.78, 5) is 39.3. The van der Waals surface area contributed by atoms with Gasteiger partial charge in [-0.25, -0.2) is 12.8 Å². The molecule has 1 N–H and O–H groups in total. The number of hydrogen-bond acceptors (Lipinski definition) is 7. The highest BCUT2D eigenvalue weighted by molar-refractivity contribution is 7.92. The SMILES string of the molecule is COc1ccc(Cl)cc1N(CC(=O)N(Cc1ccccc1F)[C@H](C)C(=O)NC1CCCCC1)S(=O)(=O)c1ccc(C)c([N+](=O)[O-])c1. The van der Waals surface area contributed by atoms with Crippen molar-refractivity contribution < 1.29 is 32.1 Å². The Kier molecular flexibility index (Phi) is 11.2. The van der Waals surface area contributed by atoms with Crippen LogP contribution in [-0.2, 0) is 26.2 Å². The van der Waals surface area contributed by atoms with Crippen LogP contribution in [0.25, 0.3) is 0 Å². The molecule has 3 aromatic rings. The van der Waals surface area contributed by atoms with Gasteiger partial charge >= 0.3 is 0 Å². The predicted molar refractivity (Wildman–Crippen MR) is 172 cm³/mol. The third-order valence-corrected chi connectivity index (χ3v) is 10.1. The predicted octanol–water partition coefficient (Wildman–Crippen LogP) is 5.77. The van der Waals surface area contributed by atoms with Gasteiger partial charge in [0.1, 0.15) is 24.2 Å². The van der Waals surface area contributed by atoms with Crippen LogP contribution in [0.2, 0.25) is 5.02 Å². The van der Waals surface area contributed by atoms with Crippen LogP contribution in [0.1, 0.15) is 50.2 Å². The van der Waals surface area contributed by atoms with Gasteiger partial charge in [-0.2, -0.15) is 0 Å². The maximum Gasteiger partial charge on any atom is 0.273 e. The average molecular weight is 675 g/mol. The monoisotopic (exact) mass is 674 g/mol. The average Bonchev–Trinajstić information content (AvgIpc) is 3.03. The molecule has 4 rings (SSSR count). The van der Waals surface area contributed by atoms with Gasteiger partial charge in [0, 0.05) is 34.8 Å². The number of hydrogen-bond donors (Lipinski definition) is 1. The number of ether oxygens (including phenoxy) is 1. The number of carbonyl (C=O) groups is 2. The summed E-state index contributed by atoms with van der Waals surface area (Å²) in [6.45, 7) is 1.77. The summed E-state index contributed by atoms with van der Waals surface area (Å²) in [6.07, 6.45) is 4.58. The minimum atomic E-state index is -4.69. The van der Waals surface area contributed by atoms with Gasteiger partial charge in [-0.15, -0.1) is 0 Å². The summed E-state index contributed by atoms with van der Waals surface area (Å²) >= 11 is 6.25. The molecule has 0 bridgehead atoms. The molecule has 1 fully saturated rings. The number of anilines is 1. The number of halogens is 2. The fourth-order valence-corrected chi connectivity index (χ4v) is 7.01. The number of benzene rings is 3. The molecule has 0 heterocycles. The zero-order valence-electron chi connectivity index (χ0n) is 25.7. The van der Waals surface area contributed by atoms with Gasteiger partial charge in [0.05, 0.1) is 22.6 Å². The Morgan fingerprint density at radius 1 is 1.11 bits per heavy atom. The van der Waals surface area contributed by atoms with E-state index < -0.39 is 55.7 Å². The van der Waals surface area contributed by atoms with Crippen LogP contribution >= 0.6 is 11.6 Å². The molecule has 1 aliphatic carbocycles. The largest absolute Gasteiger partial charge is 0.495 e. The van der Waals surface area contributed by atoms with Crippen LogP contribution in [0.15, 0.2) is 65.6 Å². The van der Waals surface area contributed by atoms with Crippen molar-refractivity contribution in [2.24, 2.45) is 0 Å².